The van der Waals surface area contributed by atoms with Crippen molar-refractivity contribution < 1.29 is 36.7 Å². The molecule has 5 aromatic rings. The Bertz CT molecular complexity index is 1880. The van der Waals surface area contributed by atoms with Crippen LogP contribution in [0.4, 0.5) is 18.0 Å². The van der Waals surface area contributed by atoms with Crippen molar-refractivity contribution >= 4 is 12.0 Å². The number of nitrogens with zero attached hydrogens (tertiary/aromatic N) is 3. The van der Waals surface area contributed by atoms with Crippen molar-refractivity contribution in [2.24, 2.45) is 11.5 Å². The zero-order chi connectivity index (χ0) is 32.5. The summed E-state index contributed by atoms with van der Waals surface area (Å²) < 4.78 is 54.8. The fourth-order valence-corrected chi connectivity index (χ4v) is 4.66. The number of aryl methyl sites for hydroxylation is 1. The van der Waals surface area contributed by atoms with Crippen molar-refractivity contribution in [2.45, 2.75) is 39.2 Å². The highest BCUT2D eigenvalue weighted by Crippen LogP contribution is 2.39. The van der Waals surface area contributed by atoms with E-state index in [1.54, 1.807) is 37.7 Å². The van der Waals surface area contributed by atoms with Crippen LogP contribution in [0.25, 0.3) is 39.4 Å². The van der Waals surface area contributed by atoms with E-state index >= 15 is 0 Å². The van der Waals surface area contributed by atoms with Crippen molar-refractivity contribution in [2.75, 3.05) is 0 Å². The summed E-state index contributed by atoms with van der Waals surface area (Å²) in [6.45, 7) is 5.00. The van der Waals surface area contributed by atoms with Crippen molar-refractivity contribution in [3.05, 3.63) is 96.1 Å². The van der Waals surface area contributed by atoms with Crippen LogP contribution in [0, 0.1) is 6.92 Å². The number of carbonyl (C=O) groups is 2. The van der Waals surface area contributed by atoms with Crippen LogP contribution < -0.4 is 16.2 Å². The molecule has 0 unspecified atom stereocenters. The number of oxazole rings is 1. The number of hydrogen-bond donors (Lipinski definition) is 2. The van der Waals surface area contributed by atoms with E-state index in [9.17, 15) is 22.8 Å². The second-order valence-electron chi connectivity index (χ2n) is 10.6. The summed E-state index contributed by atoms with van der Waals surface area (Å²) in [6.07, 6.45) is -4.10. The third-order valence-electron chi connectivity index (χ3n) is 7.12. The topological polar surface area (TPSA) is 148 Å². The molecular weight excluding hydrogens is 591 g/mol. The SMILES string of the molecule is Cc1nc(-c2ccc(OC(F)(F)F)cc2)c(-c2cc(-c3cccc(C(C)(C)C(N)=O)c3)ccc2-n2ccc(COC(N)=O)n2)o1. The number of amides is 2. The van der Waals surface area contributed by atoms with Gasteiger partial charge in [-0.15, -0.1) is 13.2 Å². The first-order chi connectivity index (χ1) is 21.2. The first-order valence-corrected chi connectivity index (χ1v) is 13.6. The molecule has 3 aromatic carbocycles. The second-order valence-corrected chi connectivity index (χ2v) is 10.6. The average molecular weight is 620 g/mol. The van der Waals surface area contributed by atoms with Gasteiger partial charge in [0.15, 0.2) is 11.7 Å². The van der Waals surface area contributed by atoms with Crippen LogP contribution in [-0.2, 0) is 21.6 Å². The molecule has 0 radical (unpaired) electrons. The largest absolute Gasteiger partial charge is 0.573 e. The number of primary amides is 2. The number of nitrogens with two attached hydrogens (primary N) is 2. The molecule has 0 fully saturated rings. The van der Waals surface area contributed by atoms with Crippen LogP contribution in [-0.4, -0.2) is 33.1 Å². The summed E-state index contributed by atoms with van der Waals surface area (Å²) >= 11 is 0. The molecule has 2 heterocycles. The summed E-state index contributed by atoms with van der Waals surface area (Å²) in [5.41, 5.74) is 14.5. The minimum atomic E-state index is -4.83. The molecule has 232 valence electrons. The zero-order valence-corrected chi connectivity index (χ0v) is 24.4. The third kappa shape index (κ3) is 6.82. The Balaban J connectivity index is 1.65. The minimum absolute atomic E-state index is 0.142. The van der Waals surface area contributed by atoms with Gasteiger partial charge in [0, 0.05) is 24.2 Å². The maximum atomic E-state index is 12.7. The predicted octanol–water partition coefficient (Wildman–Crippen LogP) is 6.43. The van der Waals surface area contributed by atoms with Crippen LogP contribution in [0.5, 0.6) is 5.75 Å². The lowest BCUT2D eigenvalue weighted by Crippen LogP contribution is -2.35. The zero-order valence-electron chi connectivity index (χ0n) is 24.4. The summed E-state index contributed by atoms with van der Waals surface area (Å²) in [4.78, 5) is 27.8. The number of alkyl halides is 3. The van der Waals surface area contributed by atoms with E-state index in [0.717, 1.165) is 16.7 Å². The van der Waals surface area contributed by atoms with Gasteiger partial charge in [-0.05, 0) is 73.0 Å². The third-order valence-corrected chi connectivity index (χ3v) is 7.12. The standard InChI is InChI=1S/C32H28F3N5O5/c1-18-38-27(19-7-10-24(11-8-19)45-32(33,34)35)28(44-18)25-16-21(20-5-4-6-22(15-20)31(2,3)29(36)41)9-12-26(25)40-14-13-23(39-40)17-43-30(37)42/h4-16H,17H2,1-3H3,(H2,36,41)(H2,37,42). The highest BCUT2D eigenvalue weighted by Gasteiger charge is 2.31. The van der Waals surface area contributed by atoms with E-state index < -0.39 is 23.8 Å². The number of ether oxygens (including phenoxy) is 2. The molecule has 45 heavy (non-hydrogen) atoms. The molecule has 13 heteroatoms. The quantitative estimate of drug-likeness (QED) is 0.193. The first kappa shape index (κ1) is 30.9. The molecule has 0 spiro atoms. The lowest BCUT2D eigenvalue weighted by molar-refractivity contribution is -0.274. The van der Waals surface area contributed by atoms with E-state index in [-0.39, 0.29) is 12.4 Å². The molecule has 5 rings (SSSR count). The number of hydrogen-bond acceptors (Lipinski definition) is 7. The van der Waals surface area contributed by atoms with E-state index in [0.29, 0.717) is 39.9 Å². The number of rotatable bonds is 9. The molecule has 0 aliphatic rings. The Morgan fingerprint density at radius 3 is 2.29 bits per heavy atom. The van der Waals surface area contributed by atoms with Gasteiger partial charge >= 0.3 is 12.5 Å². The molecule has 4 N–H and O–H groups in total. The van der Waals surface area contributed by atoms with Crippen molar-refractivity contribution in [1.82, 2.24) is 14.8 Å². The van der Waals surface area contributed by atoms with Crippen molar-refractivity contribution in [1.29, 1.82) is 0 Å². The van der Waals surface area contributed by atoms with Gasteiger partial charge < -0.3 is 25.4 Å². The lowest BCUT2D eigenvalue weighted by atomic mass is 9.82. The van der Waals surface area contributed by atoms with Gasteiger partial charge in [-0.3, -0.25) is 4.79 Å². The van der Waals surface area contributed by atoms with Gasteiger partial charge in [0.2, 0.25) is 5.91 Å². The lowest BCUT2D eigenvalue weighted by Gasteiger charge is -2.22. The van der Waals surface area contributed by atoms with Crippen LogP contribution >= 0.6 is 0 Å². The van der Waals surface area contributed by atoms with Gasteiger partial charge in [-0.2, -0.15) is 5.10 Å². The van der Waals surface area contributed by atoms with Gasteiger partial charge in [-0.1, -0.05) is 30.3 Å². The minimum Gasteiger partial charge on any atom is -0.443 e. The van der Waals surface area contributed by atoms with E-state index in [2.05, 4.69) is 14.8 Å². The molecule has 10 nitrogen and oxygen atoms in total. The fourth-order valence-electron chi connectivity index (χ4n) is 4.66. The summed E-state index contributed by atoms with van der Waals surface area (Å²) in [6, 6.07) is 19.9. The van der Waals surface area contributed by atoms with E-state index in [4.69, 9.17) is 20.6 Å². The normalized spacial score (nSPS) is 11.8. The van der Waals surface area contributed by atoms with Crippen molar-refractivity contribution in [3.8, 4) is 45.1 Å². The fraction of sp³-hybridized carbons (Fsp3) is 0.188. The maximum Gasteiger partial charge on any atom is 0.573 e. The average Bonchev–Trinajstić information content (AvgIpc) is 3.62. The molecular formula is C32H28F3N5O5. The summed E-state index contributed by atoms with van der Waals surface area (Å²) in [7, 11) is 0. The van der Waals surface area contributed by atoms with Crippen molar-refractivity contribution in [3.63, 3.8) is 0 Å². The Hall–Kier alpha value is -5.59. The van der Waals surface area contributed by atoms with Gasteiger partial charge in [0.1, 0.15) is 23.7 Å². The summed E-state index contributed by atoms with van der Waals surface area (Å²) in [5, 5.41) is 4.51. The van der Waals surface area contributed by atoms with Gasteiger partial charge in [0.25, 0.3) is 0 Å². The van der Waals surface area contributed by atoms with Crippen LogP contribution in [0.3, 0.4) is 0 Å². The smallest absolute Gasteiger partial charge is 0.443 e. The molecule has 0 aliphatic carbocycles. The second kappa shape index (κ2) is 11.8. The highest BCUT2D eigenvalue weighted by molar-refractivity contribution is 5.87. The maximum absolute atomic E-state index is 12.7. The number of aromatic nitrogens is 3. The number of benzene rings is 3. The molecule has 0 saturated heterocycles. The van der Waals surface area contributed by atoms with Gasteiger partial charge in [0.05, 0.1) is 11.1 Å². The Kier molecular flexibility index (Phi) is 8.11. The molecule has 2 aromatic heterocycles. The van der Waals surface area contributed by atoms with Crippen LogP contribution in [0.1, 0.15) is 31.0 Å². The van der Waals surface area contributed by atoms with Crippen LogP contribution in [0.15, 0.2) is 83.4 Å². The number of carbonyl (C=O) groups excluding carboxylic acids is 2. The Labute approximate surface area is 255 Å². The van der Waals surface area contributed by atoms with E-state index in [1.807, 2.05) is 42.5 Å². The molecule has 0 aliphatic heterocycles. The molecule has 0 bridgehead atoms. The number of halogens is 3. The first-order valence-electron chi connectivity index (χ1n) is 13.6. The van der Waals surface area contributed by atoms with Gasteiger partial charge in [-0.25, -0.2) is 14.5 Å². The molecule has 0 saturated carbocycles. The molecule has 0 atom stereocenters. The monoisotopic (exact) mass is 619 g/mol. The van der Waals surface area contributed by atoms with E-state index in [1.165, 1.54) is 24.3 Å². The Morgan fingerprint density at radius 1 is 0.933 bits per heavy atom. The highest BCUT2D eigenvalue weighted by atomic mass is 19.4. The molecule has 2 amide bonds. The Morgan fingerprint density at radius 2 is 1.62 bits per heavy atom. The van der Waals surface area contributed by atoms with Crippen LogP contribution in [0.2, 0.25) is 0 Å². The predicted molar refractivity (Wildman–Crippen MR) is 158 cm³/mol. The summed E-state index contributed by atoms with van der Waals surface area (Å²) in [5.74, 6) is -0.211.